The van der Waals surface area contributed by atoms with Gasteiger partial charge in [-0.2, -0.15) is 0 Å². The number of nitrogens with zero attached hydrogens (tertiary/aromatic N) is 1. The molecule has 0 saturated heterocycles. The van der Waals surface area contributed by atoms with E-state index in [1.165, 1.54) is 244 Å². The zero-order valence-corrected chi connectivity index (χ0v) is 52.4. The fourth-order valence-corrected chi connectivity index (χ4v) is 10.7. The molecule has 0 bridgehead atoms. The lowest BCUT2D eigenvalue weighted by Gasteiger charge is -2.30. The number of ether oxygens (including phenoxy) is 1. The van der Waals surface area contributed by atoms with E-state index in [2.05, 4.69) is 38.2 Å². The van der Waals surface area contributed by atoms with E-state index in [9.17, 15) is 19.0 Å². The number of amides is 1. The van der Waals surface area contributed by atoms with Gasteiger partial charge in [-0.25, -0.2) is 0 Å². The molecule has 3 atom stereocenters. The topological polar surface area (TPSA) is 114 Å². The minimum absolute atomic E-state index is 0.0182. The number of quaternary nitrogens is 1. The van der Waals surface area contributed by atoms with Crippen molar-refractivity contribution in [3.63, 3.8) is 0 Å². The summed E-state index contributed by atoms with van der Waals surface area (Å²) in [5, 5.41) is 3.04. The van der Waals surface area contributed by atoms with E-state index in [4.69, 9.17) is 13.8 Å². The Balaban J connectivity index is 5.06. The summed E-state index contributed by atoms with van der Waals surface area (Å²) in [6.45, 7) is 6.89. The number of phosphoric acid groups is 1. The molecule has 10 heteroatoms. The third kappa shape index (κ3) is 57.2. The van der Waals surface area contributed by atoms with Gasteiger partial charge in [0, 0.05) is 12.8 Å². The Morgan fingerprint density at radius 2 is 0.763 bits per heavy atom. The number of likely N-dealkylation sites (N-methyl/N-ethyl adjacent to an activating group) is 1. The number of carbonyl (C=O) groups is 2. The number of hydrogen-bond donors (Lipinski definition) is 1. The van der Waals surface area contributed by atoms with Crippen molar-refractivity contribution in [3.8, 4) is 0 Å². The van der Waals surface area contributed by atoms with E-state index in [-0.39, 0.29) is 31.5 Å². The van der Waals surface area contributed by atoms with Gasteiger partial charge in [-0.05, 0) is 57.4 Å². The maximum Gasteiger partial charge on any atom is 0.306 e. The molecule has 0 fully saturated rings. The molecule has 9 nitrogen and oxygen atoms in total. The molecule has 0 aliphatic rings. The summed E-state index contributed by atoms with van der Waals surface area (Å²) in [6, 6.07) is -0.882. The summed E-state index contributed by atoms with van der Waals surface area (Å²) >= 11 is 0. The molecule has 1 N–H and O–H groups in total. The minimum atomic E-state index is -4.69. The number of allylic oxidation sites excluding steroid dienone is 3. The summed E-state index contributed by atoms with van der Waals surface area (Å²) in [5.41, 5.74) is 0. The van der Waals surface area contributed by atoms with Crippen LogP contribution in [0.5, 0.6) is 0 Å². The number of rotatable bonds is 61. The predicted molar refractivity (Wildman–Crippen MR) is 326 cm³/mol. The Hall–Kier alpha value is -1.51. The van der Waals surface area contributed by atoms with Crippen molar-refractivity contribution in [3.05, 3.63) is 24.3 Å². The van der Waals surface area contributed by atoms with Crippen LogP contribution in [0.25, 0.3) is 0 Å². The molecule has 0 aliphatic heterocycles. The monoisotopic (exact) mass is 1090 g/mol. The van der Waals surface area contributed by atoms with E-state index < -0.39 is 20.0 Å². The van der Waals surface area contributed by atoms with Crippen LogP contribution < -0.4 is 10.2 Å². The molecule has 0 heterocycles. The summed E-state index contributed by atoms with van der Waals surface area (Å²) in [6.07, 6.45) is 67.2. The quantitative estimate of drug-likeness (QED) is 0.0212. The lowest BCUT2D eigenvalue weighted by Crippen LogP contribution is -2.47. The van der Waals surface area contributed by atoms with Gasteiger partial charge in [-0.1, -0.05) is 289 Å². The molecule has 0 saturated carbocycles. The molecule has 0 aromatic heterocycles. The summed E-state index contributed by atoms with van der Waals surface area (Å²) in [4.78, 5) is 40.0. The minimum Gasteiger partial charge on any atom is -0.756 e. The molecule has 450 valence electrons. The average molecular weight is 1090 g/mol. The number of unbranched alkanes of at least 4 members (excludes halogenated alkanes) is 43. The van der Waals surface area contributed by atoms with Crippen LogP contribution in [0.15, 0.2) is 24.3 Å². The number of esters is 1. The normalized spacial score (nSPS) is 13.7. The Labute approximate surface area is 473 Å². The number of phosphoric ester groups is 1. The van der Waals surface area contributed by atoms with Crippen LogP contribution in [-0.4, -0.2) is 69.4 Å². The summed E-state index contributed by atoms with van der Waals surface area (Å²) in [7, 11) is 1.20. The zero-order valence-electron chi connectivity index (χ0n) is 51.5. The molecular weight excluding hydrogens is 964 g/mol. The van der Waals surface area contributed by atoms with Crippen LogP contribution >= 0.6 is 7.82 Å². The first-order valence-corrected chi connectivity index (χ1v) is 34.6. The van der Waals surface area contributed by atoms with Gasteiger partial charge in [0.25, 0.3) is 7.82 Å². The second-order valence-corrected chi connectivity index (χ2v) is 25.4. The number of hydrogen-bond acceptors (Lipinski definition) is 7. The molecule has 1 amide bonds. The van der Waals surface area contributed by atoms with Crippen LogP contribution in [-0.2, 0) is 27.9 Å². The number of carbonyl (C=O) groups excluding carboxylic acids is 2. The van der Waals surface area contributed by atoms with Gasteiger partial charge < -0.3 is 28.5 Å². The summed E-state index contributed by atoms with van der Waals surface area (Å²) < 4.78 is 30.4. The van der Waals surface area contributed by atoms with Crippen LogP contribution in [0.3, 0.4) is 0 Å². The lowest BCUT2D eigenvalue weighted by molar-refractivity contribution is -0.870. The fourth-order valence-electron chi connectivity index (χ4n) is 9.99. The van der Waals surface area contributed by atoms with E-state index in [0.29, 0.717) is 17.4 Å². The lowest BCUT2D eigenvalue weighted by atomic mass is 10.0. The molecule has 0 rings (SSSR count). The van der Waals surface area contributed by atoms with Crippen LogP contribution in [0, 0.1) is 0 Å². The van der Waals surface area contributed by atoms with Crippen LogP contribution in [0.2, 0.25) is 0 Å². The van der Waals surface area contributed by atoms with E-state index in [0.717, 1.165) is 57.8 Å². The van der Waals surface area contributed by atoms with Gasteiger partial charge in [0.15, 0.2) is 0 Å². The Kier molecular flexibility index (Phi) is 55.6. The molecule has 0 aromatic carbocycles. The van der Waals surface area contributed by atoms with Crippen molar-refractivity contribution in [1.82, 2.24) is 5.32 Å². The van der Waals surface area contributed by atoms with Gasteiger partial charge >= 0.3 is 5.97 Å². The molecule has 76 heavy (non-hydrogen) atoms. The molecule has 0 aliphatic carbocycles. The van der Waals surface area contributed by atoms with E-state index in [1.54, 1.807) is 0 Å². The van der Waals surface area contributed by atoms with Crippen molar-refractivity contribution in [2.45, 2.75) is 348 Å². The third-order valence-corrected chi connectivity index (χ3v) is 16.1. The maximum absolute atomic E-state index is 13.5. The average Bonchev–Trinajstić information content (AvgIpc) is 3.38. The van der Waals surface area contributed by atoms with Crippen molar-refractivity contribution < 1.29 is 37.3 Å². The molecule has 0 aromatic rings. The summed E-state index contributed by atoms with van der Waals surface area (Å²) in [5.74, 6) is -0.522. The Morgan fingerprint density at radius 1 is 0.447 bits per heavy atom. The largest absolute Gasteiger partial charge is 0.756 e. The highest BCUT2D eigenvalue weighted by atomic mass is 31.2. The molecule has 0 radical (unpaired) electrons. The Morgan fingerprint density at radius 3 is 1.12 bits per heavy atom. The first kappa shape index (κ1) is 74.5. The van der Waals surface area contributed by atoms with Crippen molar-refractivity contribution in [2.75, 3.05) is 40.9 Å². The van der Waals surface area contributed by atoms with Gasteiger partial charge in [-0.3, -0.25) is 14.2 Å². The first-order valence-electron chi connectivity index (χ1n) is 33.1. The second kappa shape index (κ2) is 56.8. The van der Waals surface area contributed by atoms with Gasteiger partial charge in [-0.15, -0.1) is 0 Å². The van der Waals surface area contributed by atoms with Crippen molar-refractivity contribution in [1.29, 1.82) is 0 Å². The van der Waals surface area contributed by atoms with Gasteiger partial charge in [0.2, 0.25) is 5.91 Å². The molecular formula is C66H129N2O7P. The maximum atomic E-state index is 13.5. The fraction of sp³-hybridized carbons (Fsp3) is 0.909. The predicted octanol–water partition coefficient (Wildman–Crippen LogP) is 19.9. The molecule has 3 unspecified atom stereocenters. The highest BCUT2D eigenvalue weighted by Crippen LogP contribution is 2.38. The van der Waals surface area contributed by atoms with Crippen LogP contribution in [0.4, 0.5) is 0 Å². The smallest absolute Gasteiger partial charge is 0.306 e. The zero-order chi connectivity index (χ0) is 55.7. The SMILES string of the molecule is CCCCCCCC/C=C/CCCCCCCCCCCCCCCC(=O)OC(/C=C/CCCCCCCCCCC)C(COP(=O)([O-])OCC[N+](C)(C)C)NC(=O)CCCCCCCCCCCCCCCCCC. The van der Waals surface area contributed by atoms with Gasteiger partial charge in [0.05, 0.1) is 33.8 Å². The van der Waals surface area contributed by atoms with Gasteiger partial charge in [0.1, 0.15) is 19.3 Å². The second-order valence-electron chi connectivity index (χ2n) is 24.0. The Bertz CT molecular complexity index is 1350. The highest BCUT2D eigenvalue weighted by molar-refractivity contribution is 7.45. The standard InChI is InChI=1S/C66H129N2O7P/c1-7-10-13-16-19-22-25-27-29-31-32-33-34-35-36-37-39-41-44-47-50-53-56-59-66(70)75-64(57-54-51-48-45-42-24-21-18-15-12-9-3)63(62-74-76(71,72)73-61-60-68(4,5)6)67-65(69)58-55-52-49-46-43-40-38-30-28-26-23-20-17-14-11-8-2/h27,29,54,57,63-64H,7-26,28,30-53,55-56,58-62H2,1-6H3,(H-,67,69,71,72)/b29-27+,57-54+. The third-order valence-electron chi connectivity index (χ3n) is 15.1. The molecule has 0 spiro atoms. The van der Waals surface area contributed by atoms with E-state index in [1.807, 2.05) is 33.3 Å². The number of nitrogens with one attached hydrogen (secondary N) is 1. The van der Waals surface area contributed by atoms with Crippen molar-refractivity contribution >= 4 is 19.7 Å². The highest BCUT2D eigenvalue weighted by Gasteiger charge is 2.27. The van der Waals surface area contributed by atoms with Crippen molar-refractivity contribution in [2.24, 2.45) is 0 Å². The van der Waals surface area contributed by atoms with Crippen LogP contribution in [0.1, 0.15) is 335 Å². The van der Waals surface area contributed by atoms with E-state index >= 15 is 0 Å². The first-order chi connectivity index (χ1) is 36.9.